The first-order valence-corrected chi connectivity index (χ1v) is 6.10. The molecule has 0 spiro atoms. The van der Waals surface area contributed by atoms with Crippen molar-refractivity contribution in [2.45, 2.75) is 38.1 Å². The van der Waals surface area contributed by atoms with Crippen LogP contribution in [0.25, 0.3) is 0 Å². The fourth-order valence-corrected chi connectivity index (χ4v) is 2.71. The van der Waals surface area contributed by atoms with Gasteiger partial charge in [-0.2, -0.15) is 0 Å². The Morgan fingerprint density at radius 1 is 1.29 bits per heavy atom. The molecule has 81 valence electrons. The molecular formula is C12H23N2. The molecule has 1 atom stereocenters. The van der Waals surface area contributed by atoms with Gasteiger partial charge in [0.25, 0.3) is 0 Å². The van der Waals surface area contributed by atoms with Crippen LogP contribution in [0.5, 0.6) is 0 Å². The molecule has 0 amide bonds. The summed E-state index contributed by atoms with van der Waals surface area (Å²) >= 11 is 0. The Morgan fingerprint density at radius 3 is 2.71 bits per heavy atom. The zero-order valence-electron chi connectivity index (χ0n) is 9.34. The van der Waals surface area contributed by atoms with Crippen molar-refractivity contribution in [1.82, 2.24) is 10.2 Å². The van der Waals surface area contributed by atoms with Crippen molar-refractivity contribution in [2.75, 3.05) is 26.7 Å². The summed E-state index contributed by atoms with van der Waals surface area (Å²) in [5.41, 5.74) is 0. The summed E-state index contributed by atoms with van der Waals surface area (Å²) < 4.78 is 0. The molecule has 1 N–H and O–H groups in total. The maximum absolute atomic E-state index is 3.42. The van der Waals surface area contributed by atoms with Crippen LogP contribution in [-0.4, -0.2) is 37.6 Å². The SMILES string of the molecule is CN1CCCC1C[CH]C1CCNCC1. The Bertz CT molecular complexity index is 164. The topological polar surface area (TPSA) is 15.3 Å². The van der Waals surface area contributed by atoms with Crippen LogP contribution in [-0.2, 0) is 0 Å². The summed E-state index contributed by atoms with van der Waals surface area (Å²) in [4.78, 5) is 2.53. The van der Waals surface area contributed by atoms with E-state index >= 15 is 0 Å². The molecule has 2 heterocycles. The predicted octanol–water partition coefficient (Wildman–Crippen LogP) is 1.67. The molecular weight excluding hydrogens is 172 g/mol. The predicted molar refractivity (Wildman–Crippen MR) is 60.2 cm³/mol. The van der Waals surface area contributed by atoms with Gasteiger partial charge in [0, 0.05) is 6.04 Å². The van der Waals surface area contributed by atoms with E-state index in [-0.39, 0.29) is 0 Å². The van der Waals surface area contributed by atoms with Gasteiger partial charge in [-0.3, -0.25) is 0 Å². The zero-order valence-corrected chi connectivity index (χ0v) is 9.34. The molecule has 2 aliphatic rings. The normalized spacial score (nSPS) is 31.1. The maximum atomic E-state index is 3.42. The molecule has 2 rings (SSSR count). The number of nitrogens with zero attached hydrogens (tertiary/aromatic N) is 1. The van der Waals surface area contributed by atoms with Crippen molar-refractivity contribution < 1.29 is 0 Å². The van der Waals surface area contributed by atoms with Gasteiger partial charge in [0.05, 0.1) is 0 Å². The lowest BCUT2D eigenvalue weighted by molar-refractivity contribution is 0.293. The van der Waals surface area contributed by atoms with Crippen LogP contribution in [0, 0.1) is 12.3 Å². The molecule has 2 heteroatoms. The Labute approximate surface area is 88.1 Å². The van der Waals surface area contributed by atoms with E-state index in [0.717, 1.165) is 12.0 Å². The van der Waals surface area contributed by atoms with Gasteiger partial charge < -0.3 is 10.2 Å². The zero-order chi connectivity index (χ0) is 9.80. The summed E-state index contributed by atoms with van der Waals surface area (Å²) in [6.45, 7) is 3.76. The fourth-order valence-electron chi connectivity index (χ4n) is 2.71. The molecule has 14 heavy (non-hydrogen) atoms. The van der Waals surface area contributed by atoms with E-state index in [1.165, 1.54) is 51.7 Å². The molecule has 2 saturated heterocycles. The van der Waals surface area contributed by atoms with Crippen molar-refractivity contribution in [3.8, 4) is 0 Å². The van der Waals surface area contributed by atoms with Crippen LogP contribution in [0.3, 0.4) is 0 Å². The third kappa shape index (κ3) is 2.71. The molecule has 2 nitrogen and oxygen atoms in total. The van der Waals surface area contributed by atoms with Crippen LogP contribution in [0.2, 0.25) is 0 Å². The van der Waals surface area contributed by atoms with E-state index in [0.29, 0.717) is 0 Å². The van der Waals surface area contributed by atoms with E-state index in [4.69, 9.17) is 0 Å². The minimum Gasteiger partial charge on any atom is -0.317 e. The van der Waals surface area contributed by atoms with Crippen molar-refractivity contribution >= 4 is 0 Å². The quantitative estimate of drug-likeness (QED) is 0.737. The van der Waals surface area contributed by atoms with Crippen LogP contribution in [0.1, 0.15) is 32.1 Å². The van der Waals surface area contributed by atoms with Crippen molar-refractivity contribution in [3.63, 3.8) is 0 Å². The molecule has 1 radical (unpaired) electrons. The molecule has 2 aliphatic heterocycles. The molecule has 1 unspecified atom stereocenters. The van der Waals surface area contributed by atoms with Crippen molar-refractivity contribution in [2.24, 2.45) is 5.92 Å². The Balaban J connectivity index is 1.65. The van der Waals surface area contributed by atoms with Crippen LogP contribution in [0.15, 0.2) is 0 Å². The minimum atomic E-state index is 0.852. The average Bonchev–Trinajstić information content (AvgIpc) is 2.63. The maximum Gasteiger partial charge on any atom is 0.00955 e. The van der Waals surface area contributed by atoms with Gasteiger partial charge in [-0.1, -0.05) is 0 Å². The first-order valence-electron chi connectivity index (χ1n) is 6.10. The van der Waals surface area contributed by atoms with Gasteiger partial charge in [-0.15, -0.1) is 0 Å². The average molecular weight is 195 g/mol. The third-order valence-corrected chi connectivity index (χ3v) is 3.80. The molecule has 0 aromatic rings. The molecule has 0 aromatic carbocycles. The van der Waals surface area contributed by atoms with E-state index in [9.17, 15) is 0 Å². The largest absolute Gasteiger partial charge is 0.317 e. The van der Waals surface area contributed by atoms with Crippen molar-refractivity contribution in [3.05, 3.63) is 6.42 Å². The lowest BCUT2D eigenvalue weighted by Crippen LogP contribution is -2.30. The standard InChI is InChI=1S/C12H23N2/c1-14-10-2-3-12(14)5-4-11-6-8-13-9-7-11/h4,11-13H,2-3,5-10H2,1H3. The first kappa shape index (κ1) is 10.4. The summed E-state index contributed by atoms with van der Waals surface area (Å²) in [6.07, 6.45) is 9.45. The van der Waals surface area contributed by atoms with Crippen LogP contribution < -0.4 is 5.32 Å². The lowest BCUT2D eigenvalue weighted by atomic mass is 9.91. The van der Waals surface area contributed by atoms with E-state index in [1.54, 1.807) is 0 Å². The number of piperidine rings is 1. The van der Waals surface area contributed by atoms with Crippen LogP contribution >= 0.6 is 0 Å². The van der Waals surface area contributed by atoms with Crippen LogP contribution in [0.4, 0.5) is 0 Å². The second-order valence-electron chi connectivity index (χ2n) is 4.84. The van der Waals surface area contributed by atoms with Gasteiger partial charge >= 0.3 is 0 Å². The van der Waals surface area contributed by atoms with Gasteiger partial charge in [0.1, 0.15) is 0 Å². The lowest BCUT2D eigenvalue weighted by Gasteiger charge is -2.25. The number of likely N-dealkylation sites (tertiary alicyclic amines) is 1. The van der Waals surface area contributed by atoms with Gasteiger partial charge in [-0.05, 0) is 71.1 Å². The minimum absolute atomic E-state index is 0.852. The Kier molecular flexibility index (Phi) is 3.82. The summed E-state index contributed by atoms with van der Waals surface area (Å²) in [5.74, 6) is 0.894. The second kappa shape index (κ2) is 5.13. The second-order valence-corrected chi connectivity index (χ2v) is 4.84. The van der Waals surface area contributed by atoms with E-state index in [1.807, 2.05) is 0 Å². The highest BCUT2D eigenvalue weighted by molar-refractivity contribution is 4.87. The van der Waals surface area contributed by atoms with Crippen molar-refractivity contribution in [1.29, 1.82) is 0 Å². The molecule has 0 aliphatic carbocycles. The van der Waals surface area contributed by atoms with Gasteiger partial charge in [-0.25, -0.2) is 0 Å². The first-order chi connectivity index (χ1) is 6.86. The smallest absolute Gasteiger partial charge is 0.00955 e. The van der Waals surface area contributed by atoms with Gasteiger partial charge in [0.15, 0.2) is 0 Å². The fraction of sp³-hybridized carbons (Fsp3) is 0.917. The number of hydrogen-bond donors (Lipinski definition) is 1. The molecule has 0 aromatic heterocycles. The highest BCUT2D eigenvalue weighted by Crippen LogP contribution is 2.24. The number of rotatable bonds is 3. The monoisotopic (exact) mass is 195 g/mol. The third-order valence-electron chi connectivity index (χ3n) is 3.80. The van der Waals surface area contributed by atoms with Gasteiger partial charge in [0.2, 0.25) is 0 Å². The molecule has 2 fully saturated rings. The highest BCUT2D eigenvalue weighted by Gasteiger charge is 2.22. The summed E-state index contributed by atoms with van der Waals surface area (Å²) in [6, 6.07) is 0.852. The summed E-state index contributed by atoms with van der Waals surface area (Å²) in [7, 11) is 2.27. The molecule has 0 bridgehead atoms. The van der Waals surface area contributed by atoms with E-state index < -0.39 is 0 Å². The summed E-state index contributed by atoms with van der Waals surface area (Å²) in [5, 5.41) is 3.42. The van der Waals surface area contributed by atoms with E-state index in [2.05, 4.69) is 23.7 Å². The number of nitrogens with one attached hydrogen (secondary N) is 1. The highest BCUT2D eigenvalue weighted by atomic mass is 15.1. The number of hydrogen-bond acceptors (Lipinski definition) is 2. The Hall–Kier alpha value is -0.0800. The Morgan fingerprint density at radius 2 is 2.07 bits per heavy atom. The molecule has 0 saturated carbocycles.